The molecule has 30 heavy (non-hydrogen) atoms. The van der Waals surface area contributed by atoms with Gasteiger partial charge in [0.1, 0.15) is 11.5 Å². The molecule has 0 aliphatic heterocycles. The highest BCUT2D eigenvalue weighted by atomic mass is 35.5. The lowest BCUT2D eigenvalue weighted by atomic mass is 9.66. The Morgan fingerprint density at radius 2 is 1.50 bits per heavy atom. The summed E-state index contributed by atoms with van der Waals surface area (Å²) in [4.78, 5) is 18.3. The van der Waals surface area contributed by atoms with Gasteiger partial charge in [-0.05, 0) is 47.3 Å². The molecular weight excluding hydrogens is 435 g/mol. The van der Waals surface area contributed by atoms with Crippen molar-refractivity contribution in [1.29, 1.82) is 0 Å². The molecule has 0 bridgehead atoms. The van der Waals surface area contributed by atoms with Crippen LogP contribution in [0.5, 0.6) is 0 Å². The minimum Gasteiger partial charge on any atom is -0.245 e. The average molecular weight is 463 g/mol. The van der Waals surface area contributed by atoms with Crippen molar-refractivity contribution >= 4 is 34.5 Å². The van der Waals surface area contributed by atoms with Gasteiger partial charge in [-0.25, -0.2) is 19.9 Å². The second-order valence-corrected chi connectivity index (χ2v) is 11.5. The zero-order valence-electron chi connectivity index (χ0n) is 18.1. The fourth-order valence-electron chi connectivity index (χ4n) is 4.07. The summed E-state index contributed by atoms with van der Waals surface area (Å²) in [6, 6.07) is 3.93. The Kier molecular flexibility index (Phi) is 6.85. The van der Waals surface area contributed by atoms with Crippen molar-refractivity contribution in [3.05, 3.63) is 68.9 Å². The van der Waals surface area contributed by atoms with Gasteiger partial charge in [0.15, 0.2) is 4.47 Å². The van der Waals surface area contributed by atoms with Crippen LogP contribution in [0.3, 0.4) is 0 Å². The first-order chi connectivity index (χ1) is 14.0. The number of halogens is 2. The van der Waals surface area contributed by atoms with Gasteiger partial charge >= 0.3 is 0 Å². The first kappa shape index (κ1) is 23.1. The average Bonchev–Trinajstić information content (AvgIpc) is 3.14. The highest BCUT2D eigenvalue weighted by molar-refractivity contribution is 7.15. The Morgan fingerprint density at radius 3 is 2.07 bits per heavy atom. The number of hydrogen-bond donors (Lipinski definition) is 0. The largest absolute Gasteiger partial charge is 0.245 e. The van der Waals surface area contributed by atoms with E-state index in [2.05, 4.69) is 60.6 Å². The minimum absolute atomic E-state index is 0.0387. The lowest BCUT2D eigenvalue weighted by Gasteiger charge is -2.39. The quantitative estimate of drug-likeness (QED) is 0.337. The number of hydrogen-bond acceptors (Lipinski definition) is 5. The van der Waals surface area contributed by atoms with Crippen LogP contribution in [0.4, 0.5) is 0 Å². The van der Waals surface area contributed by atoms with Crippen molar-refractivity contribution in [1.82, 2.24) is 19.9 Å². The van der Waals surface area contributed by atoms with Crippen LogP contribution in [-0.4, -0.2) is 19.9 Å². The molecule has 0 fully saturated rings. The van der Waals surface area contributed by atoms with E-state index in [9.17, 15) is 0 Å². The molecule has 0 spiro atoms. The van der Waals surface area contributed by atoms with Crippen LogP contribution >= 0.6 is 34.5 Å². The van der Waals surface area contributed by atoms with E-state index in [1.807, 2.05) is 30.9 Å². The fourth-order valence-corrected chi connectivity index (χ4v) is 5.29. The summed E-state index contributed by atoms with van der Waals surface area (Å²) in [6.07, 6.45) is 12.1. The van der Waals surface area contributed by atoms with Crippen molar-refractivity contribution < 1.29 is 0 Å². The van der Waals surface area contributed by atoms with E-state index in [4.69, 9.17) is 23.2 Å². The zero-order chi connectivity index (χ0) is 22.0. The van der Waals surface area contributed by atoms with Gasteiger partial charge in [0.05, 0.1) is 0 Å². The molecule has 0 N–H and O–H groups in total. The molecule has 3 aromatic rings. The second kappa shape index (κ2) is 8.89. The van der Waals surface area contributed by atoms with Crippen molar-refractivity contribution in [2.45, 2.75) is 70.1 Å². The monoisotopic (exact) mass is 462 g/mol. The molecule has 0 aromatic carbocycles. The van der Waals surface area contributed by atoms with Crippen molar-refractivity contribution in [3.63, 3.8) is 0 Å². The molecule has 0 amide bonds. The van der Waals surface area contributed by atoms with E-state index in [0.29, 0.717) is 9.62 Å². The maximum absolute atomic E-state index is 6.22. The van der Waals surface area contributed by atoms with Crippen LogP contribution in [0.1, 0.15) is 69.9 Å². The maximum Gasteiger partial charge on any atom is 0.183 e. The molecule has 0 aliphatic rings. The van der Waals surface area contributed by atoms with E-state index < -0.39 is 0 Å². The zero-order valence-corrected chi connectivity index (χ0v) is 20.4. The number of rotatable bonds is 8. The van der Waals surface area contributed by atoms with Crippen molar-refractivity contribution in [2.75, 3.05) is 0 Å². The molecule has 4 nitrogen and oxygen atoms in total. The van der Waals surface area contributed by atoms with E-state index in [1.165, 1.54) is 10.4 Å². The van der Waals surface area contributed by atoms with Gasteiger partial charge < -0.3 is 0 Å². The van der Waals surface area contributed by atoms with E-state index in [-0.39, 0.29) is 16.2 Å². The van der Waals surface area contributed by atoms with Crippen molar-refractivity contribution in [2.24, 2.45) is 0 Å². The first-order valence-electron chi connectivity index (χ1n) is 10.0. The van der Waals surface area contributed by atoms with Gasteiger partial charge in [-0.2, -0.15) is 0 Å². The molecule has 0 saturated heterocycles. The summed E-state index contributed by atoms with van der Waals surface area (Å²) < 4.78 is 0.581. The fraction of sp³-hybridized carbons (Fsp3) is 0.478. The number of nitrogens with zero attached hydrogens (tertiary/aromatic N) is 4. The topological polar surface area (TPSA) is 51.6 Å². The summed E-state index contributed by atoms with van der Waals surface area (Å²) in [5.41, 5.74) is 2.09. The Labute approximate surface area is 193 Å². The van der Waals surface area contributed by atoms with Crippen molar-refractivity contribution in [3.8, 4) is 0 Å². The molecule has 160 valence electrons. The van der Waals surface area contributed by atoms with Crippen LogP contribution in [0, 0.1) is 0 Å². The smallest absolute Gasteiger partial charge is 0.183 e. The number of thiazole rings is 1. The molecule has 7 heteroatoms. The third-order valence-corrected chi connectivity index (χ3v) is 7.70. The predicted octanol–water partition coefficient (Wildman–Crippen LogP) is 7.02. The third-order valence-electron chi connectivity index (χ3n) is 6.06. The van der Waals surface area contributed by atoms with E-state index >= 15 is 0 Å². The molecule has 3 rings (SSSR count). The maximum atomic E-state index is 6.22. The summed E-state index contributed by atoms with van der Waals surface area (Å²) in [5, 5.41) is 0.512. The second-order valence-electron chi connectivity index (χ2n) is 9.48. The van der Waals surface area contributed by atoms with Gasteiger partial charge in [-0.1, -0.05) is 63.9 Å². The number of aromatic nitrogens is 4. The summed E-state index contributed by atoms with van der Waals surface area (Å²) >= 11 is 13.8. The highest BCUT2D eigenvalue weighted by Gasteiger charge is 2.38. The molecule has 0 radical (unpaired) electrons. The first-order valence-corrected chi connectivity index (χ1v) is 11.6. The van der Waals surface area contributed by atoms with Gasteiger partial charge in [0.25, 0.3) is 0 Å². The summed E-state index contributed by atoms with van der Waals surface area (Å²) in [7, 11) is 0. The van der Waals surface area contributed by atoms with E-state index in [0.717, 1.165) is 24.8 Å². The highest BCUT2D eigenvalue weighted by Crippen LogP contribution is 2.46. The molecule has 0 saturated carbocycles. The Balaban J connectivity index is 1.89. The molecule has 3 aromatic heterocycles. The predicted molar refractivity (Wildman–Crippen MR) is 126 cm³/mol. The Morgan fingerprint density at radius 1 is 0.800 bits per heavy atom. The van der Waals surface area contributed by atoms with Crippen LogP contribution in [0.15, 0.2) is 43.2 Å². The molecule has 1 atom stereocenters. The van der Waals surface area contributed by atoms with Gasteiger partial charge in [0.2, 0.25) is 0 Å². The van der Waals surface area contributed by atoms with Gasteiger partial charge in [0, 0.05) is 35.1 Å². The Hall–Kier alpha value is -1.56. The standard InChI is InChI=1S/C23H28Cl2N4S/c1-21(2,17-10-26-15-27-11-17)8-9-23(5,18-13-29-20(25)30-18)14-22(3,4)16-6-7-19(24)28-12-16/h6-7,10-13,15H,8-9,14H2,1-5H3. The third kappa shape index (κ3) is 5.37. The van der Waals surface area contributed by atoms with Gasteiger partial charge in [-0.15, -0.1) is 11.3 Å². The van der Waals surface area contributed by atoms with Crippen LogP contribution in [0.2, 0.25) is 9.62 Å². The Bertz CT molecular complexity index is 970. The van der Waals surface area contributed by atoms with Gasteiger partial charge in [-0.3, -0.25) is 0 Å². The van der Waals surface area contributed by atoms with Crippen LogP contribution in [0.25, 0.3) is 0 Å². The lowest BCUT2D eigenvalue weighted by molar-refractivity contribution is 0.281. The molecule has 3 heterocycles. The summed E-state index contributed by atoms with van der Waals surface area (Å²) in [5.74, 6) is 0. The lowest BCUT2D eigenvalue weighted by Crippen LogP contribution is -2.33. The number of pyridine rings is 1. The minimum atomic E-state index is -0.0964. The van der Waals surface area contributed by atoms with E-state index in [1.54, 1.807) is 17.7 Å². The molecule has 0 aliphatic carbocycles. The SMILES string of the molecule is CC(C)(CCC(C)(CC(C)(C)c1ccc(Cl)nc1)c1cnc(Cl)s1)c1cncnc1. The summed E-state index contributed by atoms with van der Waals surface area (Å²) in [6.45, 7) is 11.3. The normalized spacial score (nSPS) is 14.5. The molecule has 1 unspecified atom stereocenters. The van der Waals surface area contributed by atoms with Crippen LogP contribution < -0.4 is 0 Å². The molecular formula is C23H28Cl2N4S. The van der Waals surface area contributed by atoms with Crippen LogP contribution in [-0.2, 0) is 16.2 Å².